The Labute approximate surface area is 268 Å². The molecular weight excluding hydrogens is 590 g/mol. The summed E-state index contributed by atoms with van der Waals surface area (Å²) in [6.07, 6.45) is 5.62. The van der Waals surface area contributed by atoms with Crippen LogP contribution in [0.3, 0.4) is 0 Å². The van der Waals surface area contributed by atoms with E-state index in [1.807, 2.05) is 26.1 Å². The Balaban J connectivity index is 1.74. The minimum atomic E-state index is -3.00. The molecule has 0 saturated carbocycles. The fraction of sp³-hybridized carbons (Fsp3) is 0.618. The minimum absolute atomic E-state index is 0.00527. The number of ether oxygens (including phenoxy) is 1. The van der Waals surface area contributed by atoms with Gasteiger partial charge in [-0.3, -0.25) is 14.4 Å². The SMILES string of the molecule is CC(C)=CCC/C(C)=C/CN1C(=O)[C@@]2(O[C@@H](CC(=O)N3CCC[C@H]3CO)[C@H]([Si](C)(C)O)[C@H]2C)c2cc(NC(=O)[C@H](C)O)ccc21. The Hall–Kier alpha value is -2.83. The molecule has 0 unspecified atom stereocenters. The lowest BCUT2D eigenvalue weighted by Crippen LogP contribution is -2.46. The van der Waals surface area contributed by atoms with Gasteiger partial charge in [0.05, 0.1) is 30.9 Å². The molecule has 4 rings (SSSR count). The van der Waals surface area contributed by atoms with E-state index in [2.05, 4.69) is 32.2 Å². The van der Waals surface area contributed by atoms with E-state index >= 15 is 0 Å². The average Bonchev–Trinajstić information content (AvgIpc) is 3.61. The number of carbonyl (C=O) groups excluding carboxylic acids is 3. The standard InChI is InChI=1S/C34H51N3O7Si/c1-21(2)10-8-11-22(3)15-17-37-28-14-13-25(35-32(41)24(5)39)18-27(28)34(33(37)42)23(4)31(45(6,7)43)29(44-34)19-30(40)36-16-9-12-26(36)20-38/h10,13-15,18,23-24,26,29,31,38-39,43H,8-9,11-12,16-17,19-20H2,1-7H3,(H,35,41)/b22-15+/t23-,24+,26+,29+,31-,34+/m1/s1. The summed E-state index contributed by atoms with van der Waals surface area (Å²) >= 11 is 0. The van der Waals surface area contributed by atoms with Crippen molar-refractivity contribution < 1.29 is 34.1 Å². The van der Waals surface area contributed by atoms with E-state index in [0.717, 1.165) is 31.3 Å². The number of nitrogens with one attached hydrogen (secondary N) is 1. The van der Waals surface area contributed by atoms with Crippen molar-refractivity contribution in [2.45, 2.75) is 109 Å². The monoisotopic (exact) mass is 641 g/mol. The first-order chi connectivity index (χ1) is 21.1. The topological polar surface area (TPSA) is 140 Å². The zero-order chi connectivity index (χ0) is 33.3. The molecule has 3 aliphatic rings. The molecule has 1 aromatic rings. The maximum absolute atomic E-state index is 14.7. The lowest BCUT2D eigenvalue weighted by atomic mass is 9.82. The summed E-state index contributed by atoms with van der Waals surface area (Å²) in [6, 6.07) is 4.98. The van der Waals surface area contributed by atoms with Crippen LogP contribution in [0.25, 0.3) is 0 Å². The Morgan fingerprint density at radius 1 is 1.22 bits per heavy atom. The Morgan fingerprint density at radius 3 is 2.56 bits per heavy atom. The van der Waals surface area contributed by atoms with Crippen LogP contribution in [-0.2, 0) is 24.7 Å². The van der Waals surface area contributed by atoms with Crippen molar-refractivity contribution in [3.63, 3.8) is 0 Å². The first-order valence-electron chi connectivity index (χ1n) is 16.2. The first-order valence-corrected chi connectivity index (χ1v) is 19.2. The van der Waals surface area contributed by atoms with Gasteiger partial charge in [-0.25, -0.2) is 0 Å². The lowest BCUT2D eigenvalue weighted by Gasteiger charge is -2.32. The van der Waals surface area contributed by atoms with Crippen LogP contribution in [0.4, 0.5) is 11.4 Å². The van der Waals surface area contributed by atoms with Gasteiger partial charge in [0.15, 0.2) is 13.9 Å². The zero-order valence-electron chi connectivity index (χ0n) is 27.8. The number of carbonyl (C=O) groups is 3. The van der Waals surface area contributed by atoms with Gasteiger partial charge in [0, 0.05) is 35.8 Å². The molecule has 6 atom stereocenters. The molecule has 1 spiro atoms. The van der Waals surface area contributed by atoms with Crippen LogP contribution in [-0.4, -0.2) is 83.9 Å². The van der Waals surface area contributed by atoms with Crippen LogP contribution >= 0.6 is 0 Å². The molecule has 2 fully saturated rings. The summed E-state index contributed by atoms with van der Waals surface area (Å²) in [5, 5.41) is 22.4. The number of allylic oxidation sites excluding steroid dienone is 3. The molecule has 0 aliphatic carbocycles. The number of hydrogen-bond donors (Lipinski definition) is 4. The maximum atomic E-state index is 14.7. The van der Waals surface area contributed by atoms with E-state index < -0.39 is 43.5 Å². The van der Waals surface area contributed by atoms with Crippen molar-refractivity contribution in [3.05, 3.63) is 47.1 Å². The van der Waals surface area contributed by atoms with E-state index in [0.29, 0.717) is 30.0 Å². The Kier molecular flexibility index (Phi) is 10.8. The third-order valence-electron chi connectivity index (χ3n) is 9.63. The Bertz CT molecular complexity index is 1350. The summed E-state index contributed by atoms with van der Waals surface area (Å²) in [4.78, 5) is 55.6. The van der Waals surface area contributed by atoms with Crippen molar-refractivity contribution in [2.75, 3.05) is 29.9 Å². The van der Waals surface area contributed by atoms with Crippen molar-refractivity contribution in [3.8, 4) is 0 Å². The van der Waals surface area contributed by atoms with Crippen LogP contribution in [0.5, 0.6) is 0 Å². The molecule has 0 radical (unpaired) electrons. The lowest BCUT2D eigenvalue weighted by molar-refractivity contribution is -0.149. The molecule has 3 amide bonds. The van der Waals surface area contributed by atoms with E-state index in [1.54, 1.807) is 28.0 Å². The average molecular weight is 642 g/mol. The molecule has 1 aromatic carbocycles. The molecule has 45 heavy (non-hydrogen) atoms. The van der Waals surface area contributed by atoms with Gasteiger partial charge in [-0.2, -0.15) is 0 Å². The summed E-state index contributed by atoms with van der Waals surface area (Å²) in [6.45, 7) is 13.9. The molecule has 3 aliphatic heterocycles. The van der Waals surface area contributed by atoms with Crippen LogP contribution in [0.2, 0.25) is 18.6 Å². The second-order valence-corrected chi connectivity index (χ2v) is 17.8. The van der Waals surface area contributed by atoms with Gasteiger partial charge in [0.25, 0.3) is 11.8 Å². The highest BCUT2D eigenvalue weighted by Gasteiger charge is 2.66. The van der Waals surface area contributed by atoms with Gasteiger partial charge >= 0.3 is 0 Å². The van der Waals surface area contributed by atoms with Crippen molar-refractivity contribution in [2.24, 2.45) is 5.92 Å². The van der Waals surface area contributed by atoms with Crippen LogP contribution in [0, 0.1) is 5.92 Å². The predicted molar refractivity (Wildman–Crippen MR) is 177 cm³/mol. The summed E-state index contributed by atoms with van der Waals surface area (Å²) in [7, 11) is -3.00. The van der Waals surface area contributed by atoms with Gasteiger partial charge in [-0.1, -0.05) is 30.2 Å². The second kappa shape index (κ2) is 13.9. The number of amides is 3. The first kappa shape index (κ1) is 35.0. The number of rotatable bonds is 11. The van der Waals surface area contributed by atoms with Crippen molar-refractivity contribution >= 4 is 37.4 Å². The highest BCUT2D eigenvalue weighted by molar-refractivity contribution is 6.71. The van der Waals surface area contributed by atoms with E-state index in [1.165, 1.54) is 12.5 Å². The van der Waals surface area contributed by atoms with Gasteiger partial charge in [-0.05, 0) is 84.7 Å². The van der Waals surface area contributed by atoms with Gasteiger partial charge in [0.2, 0.25) is 5.91 Å². The van der Waals surface area contributed by atoms with Crippen LogP contribution in [0.15, 0.2) is 41.5 Å². The zero-order valence-corrected chi connectivity index (χ0v) is 28.8. The Morgan fingerprint density at radius 2 is 1.93 bits per heavy atom. The molecule has 3 heterocycles. The quantitative estimate of drug-likeness (QED) is 0.210. The minimum Gasteiger partial charge on any atom is -0.432 e. The van der Waals surface area contributed by atoms with E-state index in [9.17, 15) is 29.4 Å². The fourth-order valence-corrected chi connectivity index (χ4v) is 9.92. The smallest absolute Gasteiger partial charge is 0.264 e. The number of hydrogen-bond acceptors (Lipinski definition) is 7. The van der Waals surface area contributed by atoms with Crippen molar-refractivity contribution in [1.29, 1.82) is 0 Å². The van der Waals surface area contributed by atoms with E-state index in [-0.39, 0.29) is 30.9 Å². The third-order valence-corrected chi connectivity index (χ3v) is 12.1. The number of anilines is 2. The molecule has 4 N–H and O–H groups in total. The van der Waals surface area contributed by atoms with Gasteiger partial charge in [0.1, 0.15) is 6.10 Å². The second-order valence-electron chi connectivity index (χ2n) is 13.8. The van der Waals surface area contributed by atoms with Crippen molar-refractivity contribution in [1.82, 2.24) is 4.90 Å². The summed E-state index contributed by atoms with van der Waals surface area (Å²) in [5.74, 6) is -1.46. The third kappa shape index (κ3) is 7.12. The number of aliphatic hydroxyl groups is 2. The van der Waals surface area contributed by atoms with Gasteiger partial charge in [-0.15, -0.1) is 0 Å². The van der Waals surface area contributed by atoms with E-state index in [4.69, 9.17) is 4.74 Å². The number of fused-ring (bicyclic) bond motifs is 2. The molecule has 2 saturated heterocycles. The number of aliphatic hydroxyl groups excluding tert-OH is 2. The van der Waals surface area contributed by atoms with Crippen LogP contribution < -0.4 is 10.2 Å². The summed E-state index contributed by atoms with van der Waals surface area (Å²) < 4.78 is 6.82. The highest BCUT2D eigenvalue weighted by Crippen LogP contribution is 2.60. The van der Waals surface area contributed by atoms with Crippen LogP contribution in [0.1, 0.15) is 72.3 Å². The summed E-state index contributed by atoms with van der Waals surface area (Å²) in [5.41, 5.74) is 2.13. The number of nitrogens with zero attached hydrogens (tertiary/aromatic N) is 2. The normalized spacial score (nSPS) is 27.2. The molecule has 11 heteroatoms. The highest BCUT2D eigenvalue weighted by atomic mass is 28.4. The molecule has 248 valence electrons. The molecular formula is C34H51N3O7Si. The maximum Gasteiger partial charge on any atom is 0.264 e. The molecule has 10 nitrogen and oxygen atoms in total. The fourth-order valence-electron chi connectivity index (χ4n) is 7.36. The predicted octanol–water partition coefficient (Wildman–Crippen LogP) is 4.22. The molecule has 0 bridgehead atoms. The number of likely N-dealkylation sites (tertiary alicyclic amines) is 1. The largest absolute Gasteiger partial charge is 0.432 e. The molecule has 0 aromatic heterocycles. The van der Waals surface area contributed by atoms with Gasteiger partial charge < -0.3 is 34.9 Å². The number of benzene rings is 1.